The first-order valence-corrected chi connectivity index (χ1v) is 16.7. The van der Waals surface area contributed by atoms with Crippen LogP contribution in [0.15, 0.2) is 39.5 Å². The van der Waals surface area contributed by atoms with Gasteiger partial charge in [-0.2, -0.15) is 12.6 Å². The molecule has 2 saturated heterocycles. The summed E-state index contributed by atoms with van der Waals surface area (Å²) in [5.74, 6) is -1.29. The van der Waals surface area contributed by atoms with E-state index < -0.39 is 17.6 Å². The smallest absolute Gasteiger partial charge is 0.303 e. The predicted octanol–water partition coefficient (Wildman–Crippen LogP) is 3.65. The number of fused-ring (bicyclic) bond motifs is 1. The van der Waals surface area contributed by atoms with Crippen molar-refractivity contribution in [2.75, 3.05) is 5.75 Å². The number of hydrogen-bond donors (Lipinski definition) is 8. The molecule has 6 N–H and O–H groups in total. The molecule has 0 spiro atoms. The Labute approximate surface area is 279 Å². The van der Waals surface area contributed by atoms with Gasteiger partial charge in [-0.3, -0.25) is 24.2 Å². The maximum atomic E-state index is 12.6. The molecular formula is C33H43N5O6S2. The highest BCUT2D eigenvalue weighted by molar-refractivity contribution is 7.84. The van der Waals surface area contributed by atoms with Crippen molar-refractivity contribution >= 4 is 55.1 Å². The highest BCUT2D eigenvalue weighted by atomic mass is 32.1. The van der Waals surface area contributed by atoms with Crippen molar-refractivity contribution < 1.29 is 29.4 Å². The first kappa shape index (κ1) is 33.9. The zero-order valence-corrected chi connectivity index (χ0v) is 28.4. The highest BCUT2D eigenvalue weighted by Crippen LogP contribution is 2.53. The fourth-order valence-electron chi connectivity index (χ4n) is 7.52. The van der Waals surface area contributed by atoms with Gasteiger partial charge in [-0.15, -0.1) is 12.6 Å². The molecule has 1 aromatic heterocycles. The molecule has 0 radical (unpaired) electrons. The van der Waals surface area contributed by atoms with Gasteiger partial charge in [0.15, 0.2) is 0 Å². The summed E-state index contributed by atoms with van der Waals surface area (Å²) in [5.41, 5.74) is 10.5. The third-order valence-electron chi connectivity index (χ3n) is 10.3. The fraction of sp³-hybridized carbons (Fsp3) is 0.515. The van der Waals surface area contributed by atoms with Crippen LogP contribution < -0.4 is 16.1 Å². The minimum Gasteiger partial charge on any atom is -0.481 e. The quantitative estimate of drug-likeness (QED) is 0.110. The van der Waals surface area contributed by atoms with E-state index in [4.69, 9.17) is 0 Å². The van der Waals surface area contributed by atoms with Crippen LogP contribution in [0.1, 0.15) is 75.4 Å². The third-order valence-corrected chi connectivity index (χ3v) is 10.7. The van der Waals surface area contributed by atoms with E-state index in [0.29, 0.717) is 41.9 Å². The molecule has 5 heterocycles. The maximum absolute atomic E-state index is 12.6. The molecule has 1 unspecified atom stereocenters. The van der Waals surface area contributed by atoms with Crippen LogP contribution in [0.5, 0.6) is 0 Å². The number of allylic oxidation sites excluding steroid dienone is 1. The van der Waals surface area contributed by atoms with Gasteiger partial charge in [0.25, 0.3) is 5.91 Å². The van der Waals surface area contributed by atoms with E-state index in [2.05, 4.69) is 57.9 Å². The average molecular weight is 670 g/mol. The monoisotopic (exact) mass is 669 g/mol. The van der Waals surface area contributed by atoms with Gasteiger partial charge in [-0.05, 0) is 85.6 Å². The zero-order chi connectivity index (χ0) is 33.7. The van der Waals surface area contributed by atoms with Gasteiger partial charge in [0.1, 0.15) is 5.66 Å². The summed E-state index contributed by atoms with van der Waals surface area (Å²) in [7, 11) is 0. The summed E-state index contributed by atoms with van der Waals surface area (Å²) in [6.07, 6.45) is 4.39. The van der Waals surface area contributed by atoms with E-state index >= 15 is 0 Å². The van der Waals surface area contributed by atoms with E-state index in [-0.39, 0.29) is 48.6 Å². The summed E-state index contributed by atoms with van der Waals surface area (Å²) in [4.78, 5) is 52.5. The van der Waals surface area contributed by atoms with Crippen molar-refractivity contribution in [3.63, 3.8) is 0 Å². The number of hydrogen-bond acceptors (Lipinski definition) is 8. The molecule has 0 bridgehead atoms. The van der Waals surface area contributed by atoms with Gasteiger partial charge in [-0.25, -0.2) is 5.43 Å². The summed E-state index contributed by atoms with van der Waals surface area (Å²) in [5, 5.41) is 27.3. The molecule has 0 saturated carbocycles. The number of rotatable bonds is 14. The first-order valence-electron chi connectivity index (χ1n) is 15.7. The number of amides is 2. The van der Waals surface area contributed by atoms with Gasteiger partial charge < -0.3 is 25.8 Å². The lowest BCUT2D eigenvalue weighted by atomic mass is 9.84. The van der Waals surface area contributed by atoms with Crippen LogP contribution in [0.3, 0.4) is 0 Å². The predicted molar refractivity (Wildman–Crippen MR) is 181 cm³/mol. The van der Waals surface area contributed by atoms with E-state index in [1.807, 2.05) is 33.8 Å². The Morgan fingerprint density at radius 3 is 2.37 bits per heavy atom. The van der Waals surface area contributed by atoms with Crippen LogP contribution in [0.4, 0.5) is 0 Å². The van der Waals surface area contributed by atoms with Crippen molar-refractivity contribution in [2.24, 2.45) is 11.8 Å². The molecule has 5 atom stereocenters. The van der Waals surface area contributed by atoms with E-state index in [1.54, 1.807) is 0 Å². The number of carboxylic acids is 2. The number of hydrazine groups is 1. The number of aromatic nitrogens is 1. The largest absolute Gasteiger partial charge is 0.481 e. The Balaban J connectivity index is 1.51. The molecule has 4 aliphatic rings. The molecule has 0 aromatic carbocycles. The first-order chi connectivity index (χ1) is 21.7. The Kier molecular flexibility index (Phi) is 9.59. The lowest BCUT2D eigenvalue weighted by Crippen LogP contribution is -2.36. The van der Waals surface area contributed by atoms with Gasteiger partial charge >= 0.3 is 11.9 Å². The second kappa shape index (κ2) is 13.0. The van der Waals surface area contributed by atoms with Crippen LogP contribution in [-0.2, 0) is 32.0 Å². The third kappa shape index (κ3) is 6.16. The fourth-order valence-corrected chi connectivity index (χ4v) is 8.10. The summed E-state index contributed by atoms with van der Waals surface area (Å²) < 4.78 is 0. The minimum absolute atomic E-state index is 0.0358. The number of nitrogens with zero attached hydrogens (tertiary/aromatic N) is 1. The second-order valence-corrected chi connectivity index (χ2v) is 13.9. The number of carboxylic acid groups (broad SMARTS) is 2. The van der Waals surface area contributed by atoms with Crippen LogP contribution in [0.25, 0.3) is 6.08 Å². The SMILES string of the molecule is C=C(S)C1=C(C)[C@@H](Cc2[nH]c(/C=C3/C(CCC(=O)O)=C(C)[C@]4(CC5NC(=O)[C@H](C)[C@H]5CCS)NN34)c(CCC(=O)O)c2C)NC1=O. The van der Waals surface area contributed by atoms with Gasteiger partial charge in [-0.1, -0.05) is 13.5 Å². The zero-order valence-electron chi connectivity index (χ0n) is 26.6. The number of H-pyrrole nitrogens is 1. The van der Waals surface area contributed by atoms with Crippen LogP contribution in [0, 0.1) is 18.8 Å². The van der Waals surface area contributed by atoms with E-state index in [0.717, 1.165) is 51.4 Å². The minimum atomic E-state index is -0.909. The number of aliphatic carboxylic acids is 2. The molecule has 248 valence electrons. The summed E-state index contributed by atoms with van der Waals surface area (Å²) in [6, 6.07) is -0.337. The molecule has 11 nitrogen and oxygen atoms in total. The molecule has 2 amide bonds. The van der Waals surface area contributed by atoms with Crippen molar-refractivity contribution in [3.8, 4) is 0 Å². The van der Waals surface area contributed by atoms with E-state index in [1.165, 1.54) is 0 Å². The molecule has 4 aliphatic heterocycles. The molecule has 46 heavy (non-hydrogen) atoms. The van der Waals surface area contributed by atoms with Crippen molar-refractivity contribution in [3.05, 3.63) is 62.0 Å². The molecule has 0 aliphatic carbocycles. The second-order valence-electron chi connectivity index (χ2n) is 12.9. The maximum Gasteiger partial charge on any atom is 0.303 e. The van der Waals surface area contributed by atoms with E-state index in [9.17, 15) is 29.4 Å². The summed E-state index contributed by atoms with van der Waals surface area (Å²) >= 11 is 8.73. The van der Waals surface area contributed by atoms with Crippen molar-refractivity contribution in [1.29, 1.82) is 0 Å². The number of carbonyl (C=O) groups excluding carboxylic acids is 2. The van der Waals surface area contributed by atoms with Gasteiger partial charge in [0, 0.05) is 53.9 Å². The van der Waals surface area contributed by atoms with Gasteiger partial charge in [0.2, 0.25) is 5.91 Å². The summed E-state index contributed by atoms with van der Waals surface area (Å²) in [6.45, 7) is 11.6. The standard InChI is InChI=1S/C33H43N5O6S2/c1-15-20(6-8-28(39)40)25(34-23(15)12-24-17(3)30(19(5)46)32(44)35-24)13-27-22(7-9-29(41)42)18(4)33(37-38(27)33)14-26-21(10-11-45)16(2)31(43)36-26/h13,16,21,24,26,34,37,45-46H,5-12,14H2,1-4H3,(H,35,44)(H,36,43)(H,39,40)(H,41,42)/b27-13-/t16-,21-,24-,26?,33-,38?/m1/s1. The van der Waals surface area contributed by atoms with Crippen LogP contribution in [0.2, 0.25) is 0 Å². The average Bonchev–Trinajstić information content (AvgIpc) is 3.31. The lowest BCUT2D eigenvalue weighted by molar-refractivity contribution is -0.138. The molecule has 1 aromatic rings. The molecule has 5 rings (SSSR count). The van der Waals surface area contributed by atoms with Crippen LogP contribution >= 0.6 is 25.3 Å². The van der Waals surface area contributed by atoms with Crippen molar-refractivity contribution in [2.45, 2.75) is 90.4 Å². The number of thiol groups is 2. The van der Waals surface area contributed by atoms with Crippen molar-refractivity contribution in [1.82, 2.24) is 26.1 Å². The number of carbonyl (C=O) groups is 4. The highest BCUT2D eigenvalue weighted by Gasteiger charge is 2.62. The Bertz CT molecular complexity index is 1610. The Hall–Kier alpha value is -3.42. The Morgan fingerprint density at radius 1 is 1.09 bits per heavy atom. The van der Waals surface area contributed by atoms with Crippen LogP contribution in [-0.4, -0.2) is 67.5 Å². The Morgan fingerprint density at radius 2 is 1.76 bits per heavy atom. The van der Waals surface area contributed by atoms with Gasteiger partial charge in [0.05, 0.1) is 17.3 Å². The number of aromatic amines is 1. The topological polar surface area (TPSA) is 174 Å². The molecular weight excluding hydrogens is 627 g/mol. The molecule has 2 fully saturated rings. The molecule has 13 heteroatoms. The lowest BCUT2D eigenvalue weighted by Gasteiger charge is -2.23. The normalized spacial score (nSPS) is 27.9. The number of nitrogens with one attached hydrogen (secondary N) is 4.